The Morgan fingerprint density at radius 3 is 2.82 bits per heavy atom. The number of halogens is 2. The monoisotopic (exact) mass is 363 g/mol. The van der Waals surface area contributed by atoms with Gasteiger partial charge in [0.1, 0.15) is 5.76 Å². The van der Waals surface area contributed by atoms with E-state index in [-0.39, 0.29) is 17.3 Å². The van der Waals surface area contributed by atoms with Crippen LogP contribution < -0.4 is 0 Å². The zero-order valence-electron chi connectivity index (χ0n) is 8.70. The Bertz CT molecular complexity index is 594. The van der Waals surface area contributed by atoms with Crippen molar-refractivity contribution in [1.29, 1.82) is 0 Å². The fourth-order valence-corrected chi connectivity index (χ4v) is 2.11. The van der Waals surface area contributed by atoms with E-state index in [2.05, 4.69) is 27.6 Å². The molecule has 2 rings (SSSR count). The zero-order valence-corrected chi connectivity index (χ0v) is 11.6. The Kier molecular flexibility index (Phi) is 3.39. The summed E-state index contributed by atoms with van der Waals surface area (Å²) in [7, 11) is 0. The minimum atomic E-state index is -1.10. The number of aromatic carboxylic acids is 1. The van der Waals surface area contributed by atoms with Crippen LogP contribution in [0.1, 0.15) is 16.2 Å². The first-order valence-electron chi connectivity index (χ1n) is 4.65. The van der Waals surface area contributed by atoms with Crippen LogP contribution in [-0.2, 0) is 0 Å². The molecule has 0 spiro atoms. The number of hydrogen-bond acceptors (Lipinski definition) is 3. The van der Waals surface area contributed by atoms with E-state index in [1.165, 1.54) is 0 Å². The highest BCUT2D eigenvalue weighted by atomic mass is 127. The molecule has 0 bridgehead atoms. The first-order chi connectivity index (χ1) is 7.99. The first-order valence-corrected chi connectivity index (χ1v) is 6.11. The molecule has 0 saturated heterocycles. The number of benzene rings is 1. The standard InChI is InChI=1S/C11H7ClINO3/c1-5-9(11(15)16)14-10(17-5)7-4-6(12)2-3-8(7)13/h2-4H,1H3,(H,15,16). The van der Waals surface area contributed by atoms with Crippen molar-refractivity contribution in [3.63, 3.8) is 0 Å². The maximum atomic E-state index is 10.9. The lowest BCUT2D eigenvalue weighted by Crippen LogP contribution is -1.98. The predicted molar refractivity (Wildman–Crippen MR) is 71.4 cm³/mol. The smallest absolute Gasteiger partial charge is 0.358 e. The van der Waals surface area contributed by atoms with Crippen LogP contribution in [0.25, 0.3) is 11.5 Å². The van der Waals surface area contributed by atoms with Gasteiger partial charge in [0, 0.05) is 8.59 Å². The fraction of sp³-hybridized carbons (Fsp3) is 0.0909. The lowest BCUT2D eigenvalue weighted by Gasteiger charge is -1.99. The molecule has 0 saturated carbocycles. The molecule has 0 atom stereocenters. The van der Waals surface area contributed by atoms with Gasteiger partial charge >= 0.3 is 5.97 Å². The van der Waals surface area contributed by atoms with Gasteiger partial charge in [-0.25, -0.2) is 9.78 Å². The van der Waals surface area contributed by atoms with Gasteiger partial charge in [-0.1, -0.05) is 11.6 Å². The topological polar surface area (TPSA) is 63.3 Å². The molecule has 0 aliphatic heterocycles. The van der Waals surface area contributed by atoms with Crippen molar-refractivity contribution in [3.8, 4) is 11.5 Å². The molecule has 1 aromatic heterocycles. The molecule has 0 unspecified atom stereocenters. The molecule has 1 aromatic carbocycles. The Labute approximate surface area is 116 Å². The Balaban J connectivity index is 2.57. The number of rotatable bonds is 2. The van der Waals surface area contributed by atoms with Crippen LogP contribution in [-0.4, -0.2) is 16.1 Å². The maximum absolute atomic E-state index is 10.9. The van der Waals surface area contributed by atoms with E-state index >= 15 is 0 Å². The fourth-order valence-electron chi connectivity index (χ4n) is 1.37. The lowest BCUT2D eigenvalue weighted by molar-refractivity contribution is 0.0689. The number of carboxylic acid groups (broad SMARTS) is 1. The van der Waals surface area contributed by atoms with Gasteiger partial charge < -0.3 is 9.52 Å². The zero-order chi connectivity index (χ0) is 12.6. The summed E-state index contributed by atoms with van der Waals surface area (Å²) in [4.78, 5) is 14.8. The van der Waals surface area contributed by atoms with Crippen molar-refractivity contribution < 1.29 is 14.3 Å². The van der Waals surface area contributed by atoms with Gasteiger partial charge in [0.15, 0.2) is 5.69 Å². The van der Waals surface area contributed by atoms with Gasteiger partial charge in [-0.3, -0.25) is 0 Å². The molecular weight excluding hydrogens is 356 g/mol. The molecule has 2 aromatic rings. The predicted octanol–water partition coefficient (Wildman–Crippen LogP) is 3.61. The third-order valence-corrected chi connectivity index (χ3v) is 3.33. The molecule has 0 radical (unpaired) electrons. The van der Waals surface area contributed by atoms with Crippen LogP contribution in [0.3, 0.4) is 0 Å². The second kappa shape index (κ2) is 4.66. The van der Waals surface area contributed by atoms with Gasteiger partial charge in [-0.15, -0.1) is 0 Å². The number of aromatic nitrogens is 1. The minimum Gasteiger partial charge on any atom is -0.476 e. The van der Waals surface area contributed by atoms with Crippen LogP contribution in [0.2, 0.25) is 5.02 Å². The highest BCUT2D eigenvalue weighted by Gasteiger charge is 2.18. The van der Waals surface area contributed by atoms with Gasteiger partial charge in [-0.2, -0.15) is 0 Å². The summed E-state index contributed by atoms with van der Waals surface area (Å²) in [6, 6.07) is 5.26. The molecule has 17 heavy (non-hydrogen) atoms. The normalized spacial score (nSPS) is 10.5. The second-order valence-corrected chi connectivity index (χ2v) is 4.95. The molecular formula is C11H7ClINO3. The Hall–Kier alpha value is -1.08. The largest absolute Gasteiger partial charge is 0.476 e. The molecule has 4 nitrogen and oxygen atoms in total. The SMILES string of the molecule is Cc1oc(-c2cc(Cl)ccc2I)nc1C(=O)O. The molecule has 1 heterocycles. The van der Waals surface area contributed by atoms with Crippen molar-refractivity contribution in [2.24, 2.45) is 0 Å². The van der Waals surface area contributed by atoms with Crippen LogP contribution in [0.15, 0.2) is 22.6 Å². The van der Waals surface area contributed by atoms with Crippen molar-refractivity contribution in [2.75, 3.05) is 0 Å². The number of carbonyl (C=O) groups is 1. The van der Waals surface area contributed by atoms with Crippen molar-refractivity contribution in [3.05, 3.63) is 38.2 Å². The minimum absolute atomic E-state index is 0.0734. The highest BCUT2D eigenvalue weighted by Crippen LogP contribution is 2.28. The lowest BCUT2D eigenvalue weighted by atomic mass is 10.2. The second-order valence-electron chi connectivity index (χ2n) is 3.35. The van der Waals surface area contributed by atoms with E-state index < -0.39 is 5.97 Å². The summed E-state index contributed by atoms with van der Waals surface area (Å²) in [6.07, 6.45) is 0. The quantitative estimate of drug-likeness (QED) is 0.828. The maximum Gasteiger partial charge on any atom is 0.358 e. The Morgan fingerprint density at radius 2 is 2.24 bits per heavy atom. The summed E-state index contributed by atoms with van der Waals surface area (Å²) in [5.41, 5.74) is 0.615. The molecule has 0 fully saturated rings. The summed E-state index contributed by atoms with van der Waals surface area (Å²) >= 11 is 8.00. The summed E-state index contributed by atoms with van der Waals surface area (Å²) < 4.78 is 6.24. The third kappa shape index (κ3) is 2.44. The molecule has 0 aliphatic rings. The van der Waals surface area contributed by atoms with Crippen LogP contribution in [0.5, 0.6) is 0 Å². The third-order valence-electron chi connectivity index (χ3n) is 2.16. The number of carboxylic acids is 1. The van der Waals surface area contributed by atoms with Crippen molar-refractivity contribution in [2.45, 2.75) is 6.92 Å². The number of hydrogen-bond donors (Lipinski definition) is 1. The number of nitrogens with zero attached hydrogens (tertiary/aromatic N) is 1. The van der Waals surface area contributed by atoms with E-state index in [1.54, 1.807) is 19.1 Å². The van der Waals surface area contributed by atoms with E-state index in [9.17, 15) is 4.79 Å². The first kappa shape index (κ1) is 12.4. The highest BCUT2D eigenvalue weighted by molar-refractivity contribution is 14.1. The molecule has 0 amide bonds. The molecule has 6 heteroatoms. The van der Waals surface area contributed by atoms with Gasteiger partial charge in [0.25, 0.3) is 0 Å². The summed E-state index contributed by atoms with van der Waals surface area (Å²) in [6.45, 7) is 1.57. The summed E-state index contributed by atoms with van der Waals surface area (Å²) in [5, 5.41) is 9.45. The molecule has 1 N–H and O–H groups in total. The van der Waals surface area contributed by atoms with Crippen LogP contribution >= 0.6 is 34.2 Å². The number of aryl methyl sites for hydroxylation is 1. The Morgan fingerprint density at radius 1 is 1.53 bits per heavy atom. The van der Waals surface area contributed by atoms with Gasteiger partial charge in [0.2, 0.25) is 5.89 Å². The van der Waals surface area contributed by atoms with Crippen LogP contribution in [0.4, 0.5) is 0 Å². The average Bonchev–Trinajstić information content (AvgIpc) is 2.64. The molecule has 0 aliphatic carbocycles. The van der Waals surface area contributed by atoms with E-state index in [0.29, 0.717) is 10.6 Å². The van der Waals surface area contributed by atoms with Crippen LogP contribution in [0, 0.1) is 10.5 Å². The van der Waals surface area contributed by atoms with Gasteiger partial charge in [0.05, 0.1) is 5.56 Å². The van der Waals surface area contributed by atoms with E-state index in [4.69, 9.17) is 21.1 Å². The number of oxazole rings is 1. The van der Waals surface area contributed by atoms with E-state index in [0.717, 1.165) is 3.57 Å². The summed E-state index contributed by atoms with van der Waals surface area (Å²) in [5.74, 6) is -0.551. The average molecular weight is 364 g/mol. The van der Waals surface area contributed by atoms with Crippen molar-refractivity contribution in [1.82, 2.24) is 4.98 Å². The van der Waals surface area contributed by atoms with Crippen molar-refractivity contribution >= 4 is 40.2 Å². The van der Waals surface area contributed by atoms with E-state index in [1.807, 2.05) is 6.07 Å². The van der Waals surface area contributed by atoms with Gasteiger partial charge in [-0.05, 0) is 47.7 Å². The molecule has 88 valence electrons.